The number of hydrogen-bond acceptors (Lipinski definition) is 5. The molecule has 8 nitrogen and oxygen atoms in total. The third-order valence-electron chi connectivity index (χ3n) is 3.31. The van der Waals surface area contributed by atoms with Crippen molar-refractivity contribution in [3.05, 3.63) is 58.9 Å². The average molecular weight is 424 g/mol. The summed E-state index contributed by atoms with van der Waals surface area (Å²) in [6.45, 7) is 1.67. The molecule has 2 aromatic heterocycles. The largest absolute Gasteiger partial charge is 0.328 e. The molecule has 3 rings (SSSR count). The number of nitrogens with zero attached hydrogens (tertiary/aromatic N) is 5. The fraction of sp³-hybridized carbons (Fsp3) is 0.133. The van der Waals surface area contributed by atoms with Crippen LogP contribution in [0.5, 0.6) is 0 Å². The fourth-order valence-corrected chi connectivity index (χ4v) is 2.48. The second kappa shape index (κ2) is 7.52. The predicted octanol–water partition coefficient (Wildman–Crippen LogP) is 2.98. The zero-order valence-corrected chi connectivity index (χ0v) is 14.9. The molecule has 2 N–H and O–H groups in total. The summed E-state index contributed by atoms with van der Waals surface area (Å²) in [5.41, 5.74) is -0.171. The normalized spacial score (nSPS) is 11.8. The lowest BCUT2D eigenvalue weighted by molar-refractivity contribution is 0.248. The van der Waals surface area contributed by atoms with E-state index in [9.17, 15) is 13.6 Å². The highest BCUT2D eigenvalue weighted by molar-refractivity contribution is 9.10. The lowest BCUT2D eigenvalue weighted by Crippen LogP contribution is -2.33. The Bertz CT molecular complexity index is 935. The Morgan fingerprint density at radius 2 is 1.92 bits per heavy atom. The van der Waals surface area contributed by atoms with E-state index in [1.54, 1.807) is 25.4 Å². The van der Waals surface area contributed by atoms with E-state index in [-0.39, 0.29) is 10.2 Å². The molecule has 1 aromatic carbocycles. The molecule has 3 aromatic rings. The summed E-state index contributed by atoms with van der Waals surface area (Å²) < 4.78 is 28.4. The molecule has 134 valence electrons. The van der Waals surface area contributed by atoms with Crippen molar-refractivity contribution in [1.82, 2.24) is 30.0 Å². The van der Waals surface area contributed by atoms with Crippen LogP contribution in [0.25, 0.3) is 5.95 Å². The molecular formula is C15H12BrF2N7O. The first-order chi connectivity index (χ1) is 12.5. The summed E-state index contributed by atoms with van der Waals surface area (Å²) in [6, 6.07) is 2.18. The minimum absolute atomic E-state index is 0.0308. The Kier molecular flexibility index (Phi) is 5.16. The van der Waals surface area contributed by atoms with Crippen LogP contribution >= 0.6 is 15.9 Å². The lowest BCUT2D eigenvalue weighted by atomic mass is 10.3. The van der Waals surface area contributed by atoms with Crippen LogP contribution < -0.4 is 10.6 Å². The Morgan fingerprint density at radius 3 is 2.65 bits per heavy atom. The maximum absolute atomic E-state index is 13.7. The maximum Gasteiger partial charge on any atom is 0.319 e. The van der Waals surface area contributed by atoms with E-state index in [4.69, 9.17) is 0 Å². The Morgan fingerprint density at radius 1 is 1.19 bits per heavy atom. The van der Waals surface area contributed by atoms with E-state index in [2.05, 4.69) is 46.6 Å². The SMILES string of the molecule is CC(NC(=O)Nc1cc(Br)c(F)cc1F)c1ncnn1-c1ncccn1. The van der Waals surface area contributed by atoms with Crippen LogP contribution in [0.3, 0.4) is 0 Å². The topological polar surface area (TPSA) is 97.6 Å². The maximum atomic E-state index is 13.7. The van der Waals surface area contributed by atoms with Crippen LogP contribution in [-0.2, 0) is 0 Å². The molecule has 26 heavy (non-hydrogen) atoms. The zero-order valence-electron chi connectivity index (χ0n) is 13.3. The van der Waals surface area contributed by atoms with Gasteiger partial charge in [0.15, 0.2) is 5.82 Å². The van der Waals surface area contributed by atoms with E-state index < -0.39 is 23.7 Å². The van der Waals surface area contributed by atoms with Crippen molar-refractivity contribution in [2.24, 2.45) is 0 Å². The van der Waals surface area contributed by atoms with E-state index in [1.807, 2.05) is 0 Å². The monoisotopic (exact) mass is 423 g/mol. The first kappa shape index (κ1) is 17.9. The van der Waals surface area contributed by atoms with Crippen LogP contribution in [0.1, 0.15) is 18.8 Å². The average Bonchev–Trinajstić information content (AvgIpc) is 3.10. The number of aromatic nitrogens is 5. The van der Waals surface area contributed by atoms with Crippen molar-refractivity contribution >= 4 is 27.6 Å². The Balaban J connectivity index is 1.73. The number of rotatable bonds is 4. The number of benzene rings is 1. The first-order valence-electron chi connectivity index (χ1n) is 7.35. The quantitative estimate of drug-likeness (QED) is 0.628. The van der Waals surface area contributed by atoms with Gasteiger partial charge in [0.2, 0.25) is 0 Å². The molecule has 2 amide bonds. The van der Waals surface area contributed by atoms with Crippen LogP contribution in [0.15, 0.2) is 41.4 Å². The smallest absolute Gasteiger partial charge is 0.319 e. The molecule has 0 fully saturated rings. The highest BCUT2D eigenvalue weighted by Gasteiger charge is 2.19. The van der Waals surface area contributed by atoms with E-state index in [0.717, 1.165) is 6.07 Å². The van der Waals surface area contributed by atoms with E-state index >= 15 is 0 Å². The second-order valence-corrected chi connectivity index (χ2v) is 6.00. The van der Waals surface area contributed by atoms with Crippen LogP contribution in [-0.4, -0.2) is 30.8 Å². The summed E-state index contributed by atoms with van der Waals surface area (Å²) in [5.74, 6) is -0.984. The summed E-state index contributed by atoms with van der Waals surface area (Å²) in [4.78, 5) is 24.4. The molecule has 2 heterocycles. The van der Waals surface area contributed by atoms with Crippen molar-refractivity contribution in [1.29, 1.82) is 0 Å². The third kappa shape index (κ3) is 3.82. The number of urea groups is 1. The summed E-state index contributed by atoms with van der Waals surface area (Å²) in [6.07, 6.45) is 4.40. The molecule has 0 saturated carbocycles. The molecule has 0 spiro atoms. The minimum atomic E-state index is -0.894. The molecule has 1 unspecified atom stereocenters. The highest BCUT2D eigenvalue weighted by Crippen LogP contribution is 2.23. The summed E-state index contributed by atoms with van der Waals surface area (Å²) in [5, 5.41) is 8.95. The highest BCUT2D eigenvalue weighted by atomic mass is 79.9. The number of nitrogens with one attached hydrogen (secondary N) is 2. The molecule has 1 atom stereocenters. The third-order valence-corrected chi connectivity index (χ3v) is 3.92. The minimum Gasteiger partial charge on any atom is -0.328 e. The van der Waals surface area contributed by atoms with Crippen molar-refractivity contribution < 1.29 is 13.6 Å². The van der Waals surface area contributed by atoms with Gasteiger partial charge in [-0.2, -0.15) is 9.78 Å². The number of carbonyl (C=O) groups is 1. The van der Waals surface area contributed by atoms with E-state index in [0.29, 0.717) is 17.8 Å². The molecule has 0 radical (unpaired) electrons. The van der Waals surface area contributed by atoms with Gasteiger partial charge in [0.25, 0.3) is 5.95 Å². The van der Waals surface area contributed by atoms with Gasteiger partial charge in [-0.15, -0.1) is 0 Å². The van der Waals surface area contributed by atoms with Gasteiger partial charge >= 0.3 is 6.03 Å². The molecule has 0 aliphatic rings. The summed E-state index contributed by atoms with van der Waals surface area (Å²) in [7, 11) is 0. The van der Waals surface area contributed by atoms with Gasteiger partial charge < -0.3 is 10.6 Å². The second-order valence-electron chi connectivity index (χ2n) is 5.15. The predicted molar refractivity (Wildman–Crippen MR) is 91.6 cm³/mol. The number of carbonyl (C=O) groups excluding carboxylic acids is 1. The molecule has 0 aliphatic heterocycles. The van der Waals surface area contributed by atoms with Crippen molar-refractivity contribution in [3.8, 4) is 5.95 Å². The van der Waals surface area contributed by atoms with E-state index in [1.165, 1.54) is 11.0 Å². The Labute approximate surface area is 154 Å². The number of anilines is 1. The molecule has 0 bridgehead atoms. The van der Waals surface area contributed by atoms with Gasteiger partial charge in [0.1, 0.15) is 18.0 Å². The standard InChI is InChI=1S/C15H12BrF2N7O/c1-8(13-21-7-22-25(13)14-19-3-2-4-20-14)23-15(26)24-12-5-9(16)10(17)6-11(12)18/h2-8H,1H3,(H2,23,24,26). The molecule has 11 heteroatoms. The number of hydrogen-bond donors (Lipinski definition) is 2. The fourth-order valence-electron chi connectivity index (χ4n) is 2.14. The van der Waals surface area contributed by atoms with Gasteiger partial charge in [0, 0.05) is 18.5 Å². The lowest BCUT2D eigenvalue weighted by Gasteiger charge is -2.15. The number of amides is 2. The molecule has 0 saturated heterocycles. The van der Waals surface area contributed by atoms with Gasteiger partial charge in [-0.3, -0.25) is 0 Å². The number of halogens is 3. The van der Waals surface area contributed by atoms with Gasteiger partial charge in [-0.25, -0.2) is 28.5 Å². The van der Waals surface area contributed by atoms with Crippen molar-refractivity contribution in [2.45, 2.75) is 13.0 Å². The first-order valence-corrected chi connectivity index (χ1v) is 8.14. The van der Waals surface area contributed by atoms with Crippen LogP contribution in [0.2, 0.25) is 0 Å². The zero-order chi connectivity index (χ0) is 18.7. The van der Waals surface area contributed by atoms with Gasteiger partial charge in [-0.05, 0) is 35.0 Å². The molecule has 0 aliphatic carbocycles. The molecular weight excluding hydrogens is 412 g/mol. The van der Waals surface area contributed by atoms with Crippen LogP contribution in [0.4, 0.5) is 19.3 Å². The van der Waals surface area contributed by atoms with Crippen LogP contribution in [0, 0.1) is 11.6 Å². The van der Waals surface area contributed by atoms with Gasteiger partial charge in [-0.1, -0.05) is 0 Å². The van der Waals surface area contributed by atoms with Gasteiger partial charge in [0.05, 0.1) is 16.2 Å². The Hall–Kier alpha value is -2.95. The van der Waals surface area contributed by atoms with Crippen molar-refractivity contribution in [2.75, 3.05) is 5.32 Å². The summed E-state index contributed by atoms with van der Waals surface area (Å²) >= 11 is 2.94. The van der Waals surface area contributed by atoms with Crippen molar-refractivity contribution in [3.63, 3.8) is 0 Å².